The van der Waals surface area contributed by atoms with Gasteiger partial charge in [0.15, 0.2) is 0 Å². The van der Waals surface area contributed by atoms with Crippen LogP contribution in [0.4, 0.5) is 13.2 Å². The summed E-state index contributed by atoms with van der Waals surface area (Å²) in [6.45, 7) is 0. The number of hydrogen-bond acceptors (Lipinski definition) is 1. The Labute approximate surface area is 65.4 Å². The maximum atomic E-state index is 11.8. The summed E-state index contributed by atoms with van der Waals surface area (Å²) in [5.74, 6) is -0.0212. The van der Waals surface area contributed by atoms with Gasteiger partial charge in [0.1, 0.15) is 5.69 Å². The van der Waals surface area contributed by atoms with E-state index in [1.54, 1.807) is 0 Å². The van der Waals surface area contributed by atoms with Gasteiger partial charge in [0, 0.05) is 0 Å². The van der Waals surface area contributed by atoms with Crippen molar-refractivity contribution < 1.29 is 13.2 Å². The number of rotatable bonds is 1. The Morgan fingerprint density at radius 2 is 2.18 bits per heavy atom. The Balaban J connectivity index is 2.89. The van der Waals surface area contributed by atoms with Crippen LogP contribution in [0, 0.1) is 0 Å². The summed E-state index contributed by atoms with van der Waals surface area (Å²) >= 11 is 5.24. The maximum absolute atomic E-state index is 11.8. The first-order valence-electron chi connectivity index (χ1n) is 2.71. The minimum absolute atomic E-state index is 0.0212. The average Bonchev–Trinajstić information content (AvgIpc) is 2.32. The minimum atomic E-state index is -4.36. The van der Waals surface area contributed by atoms with Gasteiger partial charge >= 0.3 is 6.18 Å². The van der Waals surface area contributed by atoms with Gasteiger partial charge in [0.05, 0.1) is 11.6 Å². The molecule has 0 aliphatic rings. The van der Waals surface area contributed by atoms with Crippen LogP contribution < -0.4 is 0 Å². The van der Waals surface area contributed by atoms with Crippen molar-refractivity contribution in [3.05, 3.63) is 17.5 Å². The molecule has 1 heterocycles. The van der Waals surface area contributed by atoms with Crippen molar-refractivity contribution in [2.75, 3.05) is 0 Å². The fraction of sp³-hybridized carbons (Fsp3) is 0.400. The summed E-state index contributed by atoms with van der Waals surface area (Å²) in [5.41, 5.74) is -0.674. The first-order valence-corrected chi connectivity index (χ1v) is 3.25. The van der Waals surface area contributed by atoms with E-state index >= 15 is 0 Å². The second kappa shape index (κ2) is 2.73. The molecule has 1 aromatic rings. The first-order chi connectivity index (χ1) is 5.04. The van der Waals surface area contributed by atoms with Crippen molar-refractivity contribution in [3.8, 4) is 0 Å². The molecule has 0 atom stereocenters. The summed E-state index contributed by atoms with van der Waals surface area (Å²) < 4.78 is 35.5. The van der Waals surface area contributed by atoms with Crippen LogP contribution in [0.15, 0.2) is 6.07 Å². The summed E-state index contributed by atoms with van der Waals surface area (Å²) in [6.07, 6.45) is -4.36. The van der Waals surface area contributed by atoms with Crippen molar-refractivity contribution in [3.63, 3.8) is 0 Å². The molecule has 0 fully saturated rings. The lowest BCUT2D eigenvalue weighted by molar-refractivity contribution is -0.141. The molecule has 6 heteroatoms. The Bertz CT molecular complexity index is 242. The molecule has 0 amide bonds. The molecule has 0 bridgehead atoms. The number of hydrogen-bond donors (Lipinski definition) is 1. The SMILES string of the molecule is FC(F)(F)c1cc(CCl)n[nH]1. The van der Waals surface area contributed by atoms with E-state index in [2.05, 4.69) is 5.10 Å². The Hall–Kier alpha value is -0.710. The molecule has 62 valence electrons. The maximum Gasteiger partial charge on any atom is 0.432 e. The standard InChI is InChI=1S/C5H4ClF3N2/c6-2-3-1-4(11-10-3)5(7,8)9/h1H,2H2,(H,10,11). The van der Waals surface area contributed by atoms with E-state index in [-0.39, 0.29) is 11.6 Å². The first kappa shape index (κ1) is 8.39. The summed E-state index contributed by atoms with van der Waals surface area (Å²) in [6, 6.07) is 0.882. The zero-order valence-corrected chi connectivity index (χ0v) is 6.00. The Morgan fingerprint density at radius 1 is 1.55 bits per heavy atom. The zero-order chi connectivity index (χ0) is 8.48. The number of alkyl halides is 4. The monoisotopic (exact) mass is 184 g/mol. The van der Waals surface area contributed by atoms with Crippen molar-refractivity contribution in [2.45, 2.75) is 12.1 Å². The van der Waals surface area contributed by atoms with Crippen LogP contribution in [0.5, 0.6) is 0 Å². The number of aromatic nitrogens is 2. The number of aromatic amines is 1. The van der Waals surface area contributed by atoms with E-state index in [0.29, 0.717) is 0 Å². The van der Waals surface area contributed by atoms with Gasteiger partial charge in [-0.25, -0.2) is 0 Å². The van der Waals surface area contributed by atoms with Gasteiger partial charge in [0.2, 0.25) is 0 Å². The highest BCUT2D eigenvalue weighted by molar-refractivity contribution is 6.16. The van der Waals surface area contributed by atoms with Crippen LogP contribution in [0.25, 0.3) is 0 Å². The van der Waals surface area contributed by atoms with Crippen LogP contribution in [0.3, 0.4) is 0 Å². The van der Waals surface area contributed by atoms with Crippen LogP contribution in [0.1, 0.15) is 11.4 Å². The van der Waals surface area contributed by atoms with Crippen LogP contribution in [-0.2, 0) is 12.1 Å². The lowest BCUT2D eigenvalue weighted by Crippen LogP contribution is -2.04. The highest BCUT2D eigenvalue weighted by Gasteiger charge is 2.32. The van der Waals surface area contributed by atoms with Gasteiger partial charge in [-0.15, -0.1) is 11.6 Å². The molecular weight excluding hydrogens is 181 g/mol. The molecule has 0 saturated carbocycles. The van der Waals surface area contributed by atoms with Crippen molar-refractivity contribution in [1.29, 1.82) is 0 Å². The minimum Gasteiger partial charge on any atom is -0.273 e. The molecule has 0 aliphatic heterocycles. The van der Waals surface area contributed by atoms with Gasteiger partial charge < -0.3 is 0 Å². The third-order valence-electron chi connectivity index (χ3n) is 1.07. The van der Waals surface area contributed by atoms with Crippen LogP contribution in [0.2, 0.25) is 0 Å². The Morgan fingerprint density at radius 3 is 2.45 bits per heavy atom. The van der Waals surface area contributed by atoms with E-state index in [9.17, 15) is 13.2 Å². The third-order valence-corrected chi connectivity index (χ3v) is 1.35. The highest BCUT2D eigenvalue weighted by Crippen LogP contribution is 2.27. The molecule has 2 nitrogen and oxygen atoms in total. The fourth-order valence-corrected chi connectivity index (χ4v) is 0.714. The zero-order valence-electron chi connectivity index (χ0n) is 5.24. The number of nitrogens with zero attached hydrogens (tertiary/aromatic N) is 1. The molecule has 0 radical (unpaired) electrons. The highest BCUT2D eigenvalue weighted by atomic mass is 35.5. The van der Waals surface area contributed by atoms with E-state index in [0.717, 1.165) is 6.07 Å². The summed E-state index contributed by atoms with van der Waals surface area (Å²) in [5, 5.41) is 5.16. The predicted molar refractivity (Wildman–Crippen MR) is 33.1 cm³/mol. The second-order valence-corrected chi connectivity index (χ2v) is 2.17. The van der Waals surface area contributed by atoms with Crippen molar-refractivity contribution >= 4 is 11.6 Å². The normalized spacial score (nSPS) is 12.0. The number of halogens is 4. The number of H-pyrrole nitrogens is 1. The van der Waals surface area contributed by atoms with E-state index in [1.807, 2.05) is 5.10 Å². The quantitative estimate of drug-likeness (QED) is 0.666. The molecular formula is C5H4ClF3N2. The molecule has 1 rings (SSSR count). The van der Waals surface area contributed by atoms with Gasteiger partial charge in [-0.2, -0.15) is 18.3 Å². The van der Waals surface area contributed by atoms with Crippen LogP contribution in [-0.4, -0.2) is 10.2 Å². The van der Waals surface area contributed by atoms with Gasteiger partial charge in [-0.05, 0) is 6.07 Å². The predicted octanol–water partition coefficient (Wildman–Crippen LogP) is 2.17. The lowest BCUT2D eigenvalue weighted by atomic mass is 10.4. The fourth-order valence-electron chi connectivity index (χ4n) is 0.577. The van der Waals surface area contributed by atoms with Crippen LogP contribution >= 0.6 is 11.6 Å². The largest absolute Gasteiger partial charge is 0.432 e. The van der Waals surface area contributed by atoms with Crippen molar-refractivity contribution in [1.82, 2.24) is 10.2 Å². The number of nitrogens with one attached hydrogen (secondary N) is 1. The summed E-state index contributed by atoms with van der Waals surface area (Å²) in [7, 11) is 0. The Kier molecular flexibility index (Phi) is 2.08. The van der Waals surface area contributed by atoms with Gasteiger partial charge in [-0.1, -0.05) is 0 Å². The van der Waals surface area contributed by atoms with E-state index < -0.39 is 11.9 Å². The van der Waals surface area contributed by atoms with Gasteiger partial charge in [-0.3, -0.25) is 5.10 Å². The smallest absolute Gasteiger partial charge is 0.273 e. The van der Waals surface area contributed by atoms with E-state index in [4.69, 9.17) is 11.6 Å². The molecule has 0 saturated heterocycles. The third kappa shape index (κ3) is 1.86. The lowest BCUT2D eigenvalue weighted by Gasteiger charge is -1.99. The van der Waals surface area contributed by atoms with Gasteiger partial charge in [0.25, 0.3) is 0 Å². The second-order valence-electron chi connectivity index (χ2n) is 1.90. The topological polar surface area (TPSA) is 28.7 Å². The van der Waals surface area contributed by atoms with E-state index in [1.165, 1.54) is 0 Å². The molecule has 0 aliphatic carbocycles. The molecule has 0 aromatic carbocycles. The average molecular weight is 185 g/mol. The molecule has 0 spiro atoms. The summed E-state index contributed by atoms with van der Waals surface area (Å²) in [4.78, 5) is 0. The molecule has 1 aromatic heterocycles. The molecule has 11 heavy (non-hydrogen) atoms. The molecule has 1 N–H and O–H groups in total. The van der Waals surface area contributed by atoms with Crippen molar-refractivity contribution in [2.24, 2.45) is 0 Å². The molecule has 0 unspecified atom stereocenters.